The summed E-state index contributed by atoms with van der Waals surface area (Å²) in [5, 5.41) is 8.99. The summed E-state index contributed by atoms with van der Waals surface area (Å²) in [6, 6.07) is 15.9. The van der Waals surface area contributed by atoms with Gasteiger partial charge in [-0.3, -0.25) is 0 Å². The second kappa shape index (κ2) is 7.74. The molecule has 1 heterocycles. The maximum absolute atomic E-state index is 5.56. The van der Waals surface area contributed by atoms with Crippen LogP contribution in [-0.4, -0.2) is 28.9 Å². The van der Waals surface area contributed by atoms with Gasteiger partial charge in [0.05, 0.1) is 13.7 Å². The number of methoxy groups -OCH3 is 1. The number of hydrogen-bond acceptors (Lipinski definition) is 5. The van der Waals surface area contributed by atoms with Gasteiger partial charge in [-0.25, -0.2) is 4.98 Å². The molecule has 4 rings (SSSR count). The third-order valence-electron chi connectivity index (χ3n) is 4.98. The number of aromatic nitrogens is 3. The second-order valence-corrected chi connectivity index (χ2v) is 6.68. The first-order valence-corrected chi connectivity index (χ1v) is 9.40. The lowest BCUT2D eigenvalue weighted by atomic mass is 9.85. The Morgan fingerprint density at radius 1 is 0.852 bits per heavy atom. The Hall–Kier alpha value is -2.95. The Balaban J connectivity index is 1.77. The van der Waals surface area contributed by atoms with Gasteiger partial charge in [0.15, 0.2) is 5.82 Å². The molecule has 5 heteroatoms. The summed E-state index contributed by atoms with van der Waals surface area (Å²) in [5.41, 5.74) is 3.63. The monoisotopic (exact) mass is 361 g/mol. The van der Waals surface area contributed by atoms with E-state index in [4.69, 9.17) is 14.5 Å². The molecule has 1 aromatic heterocycles. The first kappa shape index (κ1) is 17.5. The summed E-state index contributed by atoms with van der Waals surface area (Å²) >= 11 is 0. The van der Waals surface area contributed by atoms with Crippen LogP contribution in [-0.2, 0) is 0 Å². The second-order valence-electron chi connectivity index (χ2n) is 6.68. The highest BCUT2D eigenvalue weighted by Crippen LogP contribution is 2.37. The molecule has 1 saturated carbocycles. The average molecular weight is 361 g/mol. The zero-order valence-electron chi connectivity index (χ0n) is 15.7. The topological polar surface area (TPSA) is 57.1 Å². The van der Waals surface area contributed by atoms with E-state index < -0.39 is 0 Å². The first-order chi connectivity index (χ1) is 13.3. The zero-order chi connectivity index (χ0) is 18.6. The normalized spacial score (nSPS) is 13.9. The molecule has 1 aliphatic rings. The van der Waals surface area contributed by atoms with Crippen LogP contribution in [0.15, 0.2) is 48.5 Å². The molecule has 0 unspecified atom stereocenters. The van der Waals surface area contributed by atoms with Crippen LogP contribution in [0.5, 0.6) is 11.5 Å². The summed E-state index contributed by atoms with van der Waals surface area (Å²) < 4.78 is 10.8. The van der Waals surface area contributed by atoms with E-state index in [-0.39, 0.29) is 0 Å². The summed E-state index contributed by atoms with van der Waals surface area (Å²) in [6.45, 7) is 2.63. The van der Waals surface area contributed by atoms with Crippen LogP contribution in [0.3, 0.4) is 0 Å². The van der Waals surface area contributed by atoms with Gasteiger partial charge in [0.1, 0.15) is 22.9 Å². The summed E-state index contributed by atoms with van der Waals surface area (Å²) in [4.78, 5) is 4.91. The minimum absolute atomic E-state index is 0.434. The van der Waals surface area contributed by atoms with Crippen molar-refractivity contribution in [3.05, 3.63) is 54.4 Å². The van der Waals surface area contributed by atoms with Crippen molar-refractivity contribution in [3.8, 4) is 34.0 Å². The molecule has 0 spiro atoms. The summed E-state index contributed by atoms with van der Waals surface area (Å²) in [5.74, 6) is 2.95. The molecule has 138 valence electrons. The van der Waals surface area contributed by atoms with Gasteiger partial charge in [0.25, 0.3) is 0 Å². The summed E-state index contributed by atoms with van der Waals surface area (Å²) in [7, 11) is 1.66. The highest BCUT2D eigenvalue weighted by molar-refractivity contribution is 5.78. The van der Waals surface area contributed by atoms with Crippen molar-refractivity contribution in [2.24, 2.45) is 0 Å². The third-order valence-corrected chi connectivity index (χ3v) is 4.98. The van der Waals surface area contributed by atoms with E-state index >= 15 is 0 Å². The van der Waals surface area contributed by atoms with Crippen molar-refractivity contribution in [2.75, 3.05) is 13.7 Å². The first-order valence-electron chi connectivity index (χ1n) is 9.40. The molecule has 2 aromatic carbocycles. The largest absolute Gasteiger partial charge is 0.497 e. The number of nitrogens with zero attached hydrogens (tertiary/aromatic N) is 3. The standard InChI is InChI=1S/C22H23N3O2/c1-3-27-19-13-9-15(10-14-19)20-21(16-7-11-18(26-2)12-8-16)24-25-22(23-20)17-5-4-6-17/h7-14,17H,3-6H2,1-2H3. The van der Waals surface area contributed by atoms with Gasteiger partial charge < -0.3 is 9.47 Å². The van der Waals surface area contributed by atoms with Crippen molar-refractivity contribution in [3.63, 3.8) is 0 Å². The van der Waals surface area contributed by atoms with Gasteiger partial charge >= 0.3 is 0 Å². The highest BCUT2D eigenvalue weighted by Gasteiger charge is 2.24. The van der Waals surface area contributed by atoms with Crippen LogP contribution in [0.2, 0.25) is 0 Å². The van der Waals surface area contributed by atoms with Crippen molar-refractivity contribution < 1.29 is 9.47 Å². The molecule has 5 nitrogen and oxygen atoms in total. The molecule has 1 aliphatic carbocycles. The fourth-order valence-corrected chi connectivity index (χ4v) is 3.20. The molecular formula is C22H23N3O2. The molecule has 0 aliphatic heterocycles. The molecule has 0 radical (unpaired) electrons. The predicted molar refractivity (Wildman–Crippen MR) is 105 cm³/mol. The van der Waals surface area contributed by atoms with Gasteiger partial charge in [-0.1, -0.05) is 6.42 Å². The van der Waals surface area contributed by atoms with E-state index in [9.17, 15) is 0 Å². The average Bonchev–Trinajstić information content (AvgIpc) is 2.68. The molecule has 0 saturated heterocycles. The molecule has 0 bridgehead atoms. The van der Waals surface area contributed by atoms with Gasteiger partial charge in [-0.05, 0) is 68.3 Å². The van der Waals surface area contributed by atoms with Crippen molar-refractivity contribution in [2.45, 2.75) is 32.1 Å². The van der Waals surface area contributed by atoms with Crippen molar-refractivity contribution in [1.29, 1.82) is 0 Å². The van der Waals surface area contributed by atoms with Gasteiger partial charge in [0, 0.05) is 17.0 Å². The molecule has 0 N–H and O–H groups in total. The van der Waals surface area contributed by atoms with E-state index in [2.05, 4.69) is 10.2 Å². The van der Waals surface area contributed by atoms with Crippen molar-refractivity contribution in [1.82, 2.24) is 15.2 Å². The van der Waals surface area contributed by atoms with E-state index in [1.54, 1.807) is 7.11 Å². The van der Waals surface area contributed by atoms with Gasteiger partial charge in [0.2, 0.25) is 0 Å². The van der Waals surface area contributed by atoms with Crippen LogP contribution in [0.1, 0.15) is 37.9 Å². The van der Waals surface area contributed by atoms with E-state index in [0.717, 1.165) is 52.7 Å². The number of rotatable bonds is 6. The zero-order valence-corrected chi connectivity index (χ0v) is 15.7. The summed E-state index contributed by atoms with van der Waals surface area (Å²) in [6.07, 6.45) is 3.53. The quantitative estimate of drug-likeness (QED) is 0.626. The number of ether oxygens (including phenoxy) is 2. The molecule has 3 aromatic rings. The van der Waals surface area contributed by atoms with Crippen molar-refractivity contribution >= 4 is 0 Å². The molecule has 0 amide bonds. The third kappa shape index (κ3) is 3.63. The fraction of sp³-hybridized carbons (Fsp3) is 0.318. The van der Waals surface area contributed by atoms with Gasteiger partial charge in [-0.2, -0.15) is 0 Å². The molecular weight excluding hydrogens is 338 g/mol. The Bertz CT molecular complexity index is 904. The molecule has 0 atom stereocenters. The number of hydrogen-bond donors (Lipinski definition) is 0. The van der Waals surface area contributed by atoms with Crippen LogP contribution >= 0.6 is 0 Å². The smallest absolute Gasteiger partial charge is 0.154 e. The lowest BCUT2D eigenvalue weighted by Gasteiger charge is -2.24. The van der Waals surface area contributed by atoms with E-state index in [1.807, 2.05) is 55.5 Å². The highest BCUT2D eigenvalue weighted by atomic mass is 16.5. The van der Waals surface area contributed by atoms with Crippen LogP contribution in [0, 0.1) is 0 Å². The van der Waals surface area contributed by atoms with Crippen LogP contribution in [0.4, 0.5) is 0 Å². The predicted octanol–water partition coefficient (Wildman–Crippen LogP) is 4.88. The molecule has 1 fully saturated rings. The van der Waals surface area contributed by atoms with E-state index in [1.165, 1.54) is 6.42 Å². The Morgan fingerprint density at radius 3 is 2.04 bits per heavy atom. The SMILES string of the molecule is CCOc1ccc(-c2nc(C3CCC3)nnc2-c2ccc(OC)cc2)cc1. The maximum atomic E-state index is 5.56. The number of benzene rings is 2. The maximum Gasteiger partial charge on any atom is 0.154 e. The van der Waals surface area contributed by atoms with Crippen LogP contribution < -0.4 is 9.47 Å². The van der Waals surface area contributed by atoms with E-state index in [0.29, 0.717) is 12.5 Å². The fourth-order valence-electron chi connectivity index (χ4n) is 3.20. The van der Waals surface area contributed by atoms with Gasteiger partial charge in [-0.15, -0.1) is 10.2 Å². The minimum atomic E-state index is 0.434. The van der Waals surface area contributed by atoms with Crippen LogP contribution in [0.25, 0.3) is 22.5 Å². The Morgan fingerprint density at radius 2 is 1.48 bits per heavy atom. The Labute approximate surface area is 159 Å². The Kier molecular flexibility index (Phi) is 5.01. The molecule has 27 heavy (non-hydrogen) atoms. The lowest BCUT2D eigenvalue weighted by molar-refractivity contribution is 0.340. The minimum Gasteiger partial charge on any atom is -0.497 e. The lowest BCUT2D eigenvalue weighted by Crippen LogP contribution is -2.14.